The Hall–Kier alpha value is -1.40. The maximum atomic E-state index is 13.9. The summed E-state index contributed by atoms with van der Waals surface area (Å²) >= 11 is 4.95. The largest absolute Gasteiger partial charge is 0.337 e. The standard InChI is InChI=1S/C16H18BrFN2OS/c1-16(2,13-5-3-4-6-14(13)18)10-20-15(21)19-8-12-7-11(17)9-22-12/h3-7,9H,8,10H2,1-2H3,(H2,19,20,21). The SMILES string of the molecule is CC(C)(CNC(=O)NCc1cc(Br)cs1)c1ccccc1F. The van der Waals surface area contributed by atoms with Crippen LogP contribution in [0, 0.1) is 5.82 Å². The van der Waals surface area contributed by atoms with E-state index in [1.165, 1.54) is 6.07 Å². The molecule has 2 aromatic rings. The number of thiophene rings is 1. The van der Waals surface area contributed by atoms with E-state index in [0.717, 1.165) is 9.35 Å². The lowest BCUT2D eigenvalue weighted by molar-refractivity contribution is 0.238. The third kappa shape index (κ3) is 4.55. The Morgan fingerprint density at radius 3 is 2.68 bits per heavy atom. The van der Waals surface area contributed by atoms with Crippen LogP contribution in [-0.4, -0.2) is 12.6 Å². The van der Waals surface area contributed by atoms with Crippen LogP contribution >= 0.6 is 27.3 Å². The Morgan fingerprint density at radius 2 is 2.05 bits per heavy atom. The summed E-state index contributed by atoms with van der Waals surface area (Å²) in [5.41, 5.74) is 0.117. The molecule has 6 heteroatoms. The van der Waals surface area contributed by atoms with Crippen LogP contribution in [0.25, 0.3) is 0 Å². The van der Waals surface area contributed by atoms with Gasteiger partial charge >= 0.3 is 6.03 Å². The number of amides is 2. The van der Waals surface area contributed by atoms with Crippen LogP contribution in [0.1, 0.15) is 24.3 Å². The van der Waals surface area contributed by atoms with Crippen molar-refractivity contribution in [3.63, 3.8) is 0 Å². The Morgan fingerprint density at radius 1 is 1.32 bits per heavy atom. The molecule has 2 N–H and O–H groups in total. The average molecular weight is 385 g/mol. The minimum atomic E-state index is -0.478. The van der Waals surface area contributed by atoms with E-state index in [2.05, 4.69) is 26.6 Å². The first kappa shape index (κ1) is 17.0. The monoisotopic (exact) mass is 384 g/mol. The van der Waals surface area contributed by atoms with Crippen LogP contribution in [0.4, 0.5) is 9.18 Å². The second-order valence-corrected chi connectivity index (χ2v) is 7.54. The Kier molecular flexibility index (Phi) is 5.58. The molecule has 1 aromatic heterocycles. The lowest BCUT2D eigenvalue weighted by Gasteiger charge is -2.26. The van der Waals surface area contributed by atoms with Gasteiger partial charge < -0.3 is 10.6 Å². The summed E-state index contributed by atoms with van der Waals surface area (Å²) < 4.78 is 14.9. The van der Waals surface area contributed by atoms with Crippen LogP contribution < -0.4 is 10.6 Å². The topological polar surface area (TPSA) is 41.1 Å². The lowest BCUT2D eigenvalue weighted by atomic mass is 9.84. The van der Waals surface area contributed by atoms with E-state index in [-0.39, 0.29) is 11.8 Å². The highest BCUT2D eigenvalue weighted by atomic mass is 79.9. The van der Waals surface area contributed by atoms with Gasteiger partial charge in [-0.25, -0.2) is 9.18 Å². The molecule has 1 heterocycles. The zero-order valence-electron chi connectivity index (χ0n) is 12.5. The van der Waals surface area contributed by atoms with Gasteiger partial charge in [0.1, 0.15) is 5.82 Å². The van der Waals surface area contributed by atoms with Crippen molar-refractivity contribution >= 4 is 33.3 Å². The van der Waals surface area contributed by atoms with Gasteiger partial charge in [-0.05, 0) is 33.6 Å². The van der Waals surface area contributed by atoms with E-state index in [1.54, 1.807) is 29.5 Å². The highest BCUT2D eigenvalue weighted by Crippen LogP contribution is 2.24. The molecule has 0 fully saturated rings. The first-order valence-corrected chi connectivity index (χ1v) is 8.55. The van der Waals surface area contributed by atoms with Gasteiger partial charge in [0.05, 0.1) is 6.54 Å². The molecule has 0 atom stereocenters. The molecule has 0 radical (unpaired) electrons. The maximum absolute atomic E-state index is 13.9. The number of hydrogen-bond acceptors (Lipinski definition) is 2. The maximum Gasteiger partial charge on any atom is 0.315 e. The van der Waals surface area contributed by atoms with Crippen LogP contribution in [-0.2, 0) is 12.0 Å². The Balaban J connectivity index is 1.86. The van der Waals surface area contributed by atoms with Gasteiger partial charge in [0.25, 0.3) is 0 Å². The van der Waals surface area contributed by atoms with Crippen molar-refractivity contribution in [2.75, 3.05) is 6.54 Å². The molecule has 0 bridgehead atoms. The summed E-state index contributed by atoms with van der Waals surface area (Å²) in [5.74, 6) is -0.252. The van der Waals surface area contributed by atoms with Crippen LogP contribution in [0.15, 0.2) is 40.2 Å². The van der Waals surface area contributed by atoms with E-state index in [9.17, 15) is 9.18 Å². The van der Waals surface area contributed by atoms with Crippen molar-refractivity contribution in [2.24, 2.45) is 0 Å². The number of nitrogens with one attached hydrogen (secondary N) is 2. The molecule has 3 nitrogen and oxygen atoms in total. The molecule has 0 aliphatic heterocycles. The van der Waals surface area contributed by atoms with E-state index in [0.29, 0.717) is 18.7 Å². The number of urea groups is 1. The summed E-state index contributed by atoms with van der Waals surface area (Å²) in [6.45, 7) is 4.64. The van der Waals surface area contributed by atoms with Crippen molar-refractivity contribution in [1.82, 2.24) is 10.6 Å². The average Bonchev–Trinajstić information content (AvgIpc) is 2.89. The van der Waals surface area contributed by atoms with Gasteiger partial charge in [0, 0.05) is 26.7 Å². The molecule has 0 spiro atoms. The normalized spacial score (nSPS) is 11.3. The number of benzene rings is 1. The van der Waals surface area contributed by atoms with E-state index in [1.807, 2.05) is 25.3 Å². The lowest BCUT2D eigenvalue weighted by Crippen LogP contribution is -2.42. The van der Waals surface area contributed by atoms with Crippen LogP contribution in [0.2, 0.25) is 0 Å². The predicted molar refractivity (Wildman–Crippen MR) is 91.7 cm³/mol. The summed E-state index contributed by atoms with van der Waals surface area (Å²) in [7, 11) is 0. The molecule has 2 amide bonds. The van der Waals surface area contributed by atoms with Gasteiger partial charge in [-0.15, -0.1) is 11.3 Å². The summed E-state index contributed by atoms with van der Waals surface area (Å²) in [5, 5.41) is 7.57. The van der Waals surface area contributed by atoms with Gasteiger partial charge in [0.2, 0.25) is 0 Å². The van der Waals surface area contributed by atoms with E-state index < -0.39 is 5.41 Å². The predicted octanol–water partition coefficient (Wildman–Crippen LogP) is 4.43. The number of halogens is 2. The van der Waals surface area contributed by atoms with E-state index >= 15 is 0 Å². The molecule has 0 saturated carbocycles. The molecule has 1 aromatic carbocycles. The molecule has 118 valence electrons. The number of carbonyl (C=O) groups is 1. The van der Waals surface area contributed by atoms with E-state index in [4.69, 9.17) is 0 Å². The highest BCUT2D eigenvalue weighted by molar-refractivity contribution is 9.10. The second-order valence-electron chi connectivity index (χ2n) is 5.63. The molecular formula is C16H18BrFN2OS. The van der Waals surface area contributed by atoms with Crippen LogP contribution in [0.3, 0.4) is 0 Å². The van der Waals surface area contributed by atoms with Gasteiger partial charge in [0.15, 0.2) is 0 Å². The molecule has 22 heavy (non-hydrogen) atoms. The van der Waals surface area contributed by atoms with Gasteiger partial charge in [-0.1, -0.05) is 32.0 Å². The van der Waals surface area contributed by atoms with Crippen molar-refractivity contribution in [2.45, 2.75) is 25.8 Å². The quantitative estimate of drug-likeness (QED) is 0.786. The molecule has 0 unspecified atom stereocenters. The number of hydrogen-bond donors (Lipinski definition) is 2. The summed E-state index contributed by atoms with van der Waals surface area (Å²) in [4.78, 5) is 12.9. The fourth-order valence-electron chi connectivity index (χ4n) is 2.08. The number of rotatable bonds is 5. The fourth-order valence-corrected chi connectivity index (χ4v) is 3.47. The molecule has 0 aliphatic carbocycles. The van der Waals surface area contributed by atoms with Crippen molar-refractivity contribution in [1.29, 1.82) is 0 Å². The molecule has 2 rings (SSSR count). The fraction of sp³-hybridized carbons (Fsp3) is 0.312. The smallest absolute Gasteiger partial charge is 0.315 e. The third-order valence-corrected chi connectivity index (χ3v) is 5.04. The highest BCUT2D eigenvalue weighted by Gasteiger charge is 2.24. The minimum Gasteiger partial charge on any atom is -0.337 e. The summed E-state index contributed by atoms with van der Waals surface area (Å²) in [6, 6.07) is 8.36. The minimum absolute atomic E-state index is 0.252. The zero-order chi connectivity index (χ0) is 16.2. The van der Waals surface area contributed by atoms with Crippen molar-refractivity contribution in [3.05, 3.63) is 56.4 Å². The Bertz CT molecular complexity index is 657. The zero-order valence-corrected chi connectivity index (χ0v) is 14.9. The number of carbonyl (C=O) groups excluding carboxylic acids is 1. The Labute approximate surface area is 142 Å². The van der Waals surface area contributed by atoms with Crippen LogP contribution in [0.5, 0.6) is 0 Å². The first-order valence-electron chi connectivity index (χ1n) is 6.88. The third-order valence-electron chi connectivity index (χ3n) is 3.34. The van der Waals surface area contributed by atoms with Gasteiger partial charge in [-0.3, -0.25) is 0 Å². The molecule has 0 saturated heterocycles. The first-order chi connectivity index (χ1) is 10.4. The molecule has 0 aliphatic rings. The molecular weight excluding hydrogens is 367 g/mol. The van der Waals surface area contributed by atoms with Crippen molar-refractivity contribution < 1.29 is 9.18 Å². The summed E-state index contributed by atoms with van der Waals surface area (Å²) in [6.07, 6.45) is 0. The second kappa shape index (κ2) is 7.24. The van der Waals surface area contributed by atoms with Gasteiger partial charge in [-0.2, -0.15) is 0 Å². The van der Waals surface area contributed by atoms with Crippen molar-refractivity contribution in [3.8, 4) is 0 Å².